The number of rotatable bonds is 9. The van der Waals surface area contributed by atoms with Crippen LogP contribution in [0.2, 0.25) is 0 Å². The fraction of sp³-hybridized carbons (Fsp3) is 0.581. The van der Waals surface area contributed by atoms with Crippen molar-refractivity contribution in [2.24, 2.45) is 17.8 Å². The molecule has 2 amide bonds. The van der Waals surface area contributed by atoms with Crippen LogP contribution < -0.4 is 10.6 Å². The van der Waals surface area contributed by atoms with Gasteiger partial charge >= 0.3 is 0 Å². The summed E-state index contributed by atoms with van der Waals surface area (Å²) in [4.78, 5) is 31.8. The molecule has 220 valence electrons. The Labute approximate surface area is 241 Å². The quantitative estimate of drug-likeness (QED) is 0.278. The Morgan fingerprint density at radius 2 is 1.68 bits per heavy atom. The number of anilines is 1. The van der Waals surface area contributed by atoms with Crippen molar-refractivity contribution in [2.45, 2.75) is 97.6 Å². The highest BCUT2D eigenvalue weighted by Crippen LogP contribution is 2.42. The highest BCUT2D eigenvalue weighted by Gasteiger charge is 2.41. The second-order valence-corrected chi connectivity index (χ2v) is 11.7. The molecule has 2 fully saturated rings. The van der Waals surface area contributed by atoms with E-state index in [0.717, 1.165) is 57.1 Å². The molecular formula is C31H42FN7O2. The van der Waals surface area contributed by atoms with E-state index in [0.29, 0.717) is 40.9 Å². The number of aryl methyl sites for hydroxylation is 3. The number of nitrogens with one attached hydrogen (secondary N) is 3. The van der Waals surface area contributed by atoms with Gasteiger partial charge in [0.05, 0.1) is 5.69 Å². The Hall–Kier alpha value is -3.56. The third-order valence-corrected chi connectivity index (χ3v) is 9.09. The first-order chi connectivity index (χ1) is 19.9. The lowest BCUT2D eigenvalue weighted by molar-refractivity contribution is -0.121. The van der Waals surface area contributed by atoms with Crippen molar-refractivity contribution in [1.82, 2.24) is 30.3 Å². The number of hydrogen-bond acceptors (Lipinski definition) is 5. The van der Waals surface area contributed by atoms with E-state index >= 15 is 4.39 Å². The van der Waals surface area contributed by atoms with E-state index in [9.17, 15) is 9.59 Å². The molecule has 3 aromatic heterocycles. The minimum atomic E-state index is -0.767. The lowest BCUT2D eigenvalue weighted by Crippen LogP contribution is -2.53. The van der Waals surface area contributed by atoms with Crippen LogP contribution in [0.25, 0.3) is 11.1 Å². The standard InChI is InChI=1S/C31H42FN7O2/c1-4-39-24(17-18-33-39)30(40)36-28(27(21-11-7-5-8-12-21)22-13-9-6-10-14-22)31(41)35-25-16-15-23(29(32)34-25)26-19(2)37-38-20(26)3/h15-18,21-22,27-28H,4-14H2,1-3H3,(H,36,40)(H,37,38)(H,34,35,41)/t28-/m0/s1. The Morgan fingerprint density at radius 3 is 2.24 bits per heavy atom. The molecule has 0 saturated heterocycles. The molecule has 2 aliphatic carbocycles. The maximum Gasteiger partial charge on any atom is 0.270 e. The average Bonchev–Trinajstić information content (AvgIpc) is 3.60. The maximum absolute atomic E-state index is 15.3. The molecule has 3 N–H and O–H groups in total. The van der Waals surface area contributed by atoms with E-state index in [1.165, 1.54) is 12.8 Å². The van der Waals surface area contributed by atoms with Crippen LogP contribution in [0.15, 0.2) is 24.4 Å². The lowest BCUT2D eigenvalue weighted by atomic mass is 9.66. The predicted molar refractivity (Wildman–Crippen MR) is 156 cm³/mol. The third kappa shape index (κ3) is 6.36. The van der Waals surface area contributed by atoms with Crippen LogP contribution in [0.4, 0.5) is 10.2 Å². The molecule has 5 rings (SSSR count). The second-order valence-electron chi connectivity index (χ2n) is 11.7. The topological polar surface area (TPSA) is 118 Å². The number of hydrogen-bond donors (Lipinski definition) is 3. The summed E-state index contributed by atoms with van der Waals surface area (Å²) in [6.07, 6.45) is 12.8. The number of aromatic amines is 1. The summed E-state index contributed by atoms with van der Waals surface area (Å²) in [7, 11) is 0. The van der Waals surface area contributed by atoms with Gasteiger partial charge in [-0.2, -0.15) is 14.6 Å². The number of H-pyrrole nitrogens is 1. The van der Waals surface area contributed by atoms with Crippen LogP contribution in [0.5, 0.6) is 0 Å². The largest absolute Gasteiger partial charge is 0.339 e. The third-order valence-electron chi connectivity index (χ3n) is 9.09. The fourth-order valence-corrected chi connectivity index (χ4v) is 7.14. The molecule has 0 radical (unpaired) electrons. The first kappa shape index (κ1) is 29.0. The van der Waals surface area contributed by atoms with Crippen molar-refractivity contribution in [3.63, 3.8) is 0 Å². The van der Waals surface area contributed by atoms with Crippen molar-refractivity contribution < 1.29 is 14.0 Å². The van der Waals surface area contributed by atoms with E-state index in [-0.39, 0.29) is 23.6 Å². The predicted octanol–water partition coefficient (Wildman–Crippen LogP) is 5.96. The molecule has 0 unspecified atom stereocenters. The SMILES string of the molecule is CCn1nccc1C(=O)N[C@H](C(=O)Nc1ccc(-c2c(C)n[nH]c2C)c(F)n1)C(C1CCCCC1)C1CCCCC1. The Morgan fingerprint density at radius 1 is 1.02 bits per heavy atom. The van der Waals surface area contributed by atoms with Crippen LogP contribution >= 0.6 is 0 Å². The van der Waals surface area contributed by atoms with Crippen LogP contribution in [0.3, 0.4) is 0 Å². The first-order valence-electron chi connectivity index (χ1n) is 15.2. The molecule has 41 heavy (non-hydrogen) atoms. The monoisotopic (exact) mass is 563 g/mol. The highest BCUT2D eigenvalue weighted by atomic mass is 19.1. The molecule has 1 atom stereocenters. The number of nitrogens with zero attached hydrogens (tertiary/aromatic N) is 4. The zero-order valence-electron chi connectivity index (χ0n) is 24.4. The van der Waals surface area contributed by atoms with Gasteiger partial charge in [-0.05, 0) is 56.7 Å². The second kappa shape index (κ2) is 13.0. The van der Waals surface area contributed by atoms with E-state index in [1.54, 1.807) is 29.1 Å². The molecular weight excluding hydrogens is 521 g/mol. The van der Waals surface area contributed by atoms with Crippen molar-refractivity contribution >= 4 is 17.6 Å². The van der Waals surface area contributed by atoms with Crippen LogP contribution in [0.1, 0.15) is 93.0 Å². The lowest BCUT2D eigenvalue weighted by Gasteiger charge is -2.41. The van der Waals surface area contributed by atoms with E-state index in [2.05, 4.69) is 30.9 Å². The van der Waals surface area contributed by atoms with E-state index < -0.39 is 12.0 Å². The molecule has 0 bridgehead atoms. The molecule has 0 spiro atoms. The van der Waals surface area contributed by atoms with Crippen LogP contribution in [-0.4, -0.2) is 42.8 Å². The smallest absolute Gasteiger partial charge is 0.270 e. The Bertz CT molecular complexity index is 1320. The Balaban J connectivity index is 1.46. The van der Waals surface area contributed by atoms with E-state index in [4.69, 9.17) is 0 Å². The summed E-state index contributed by atoms with van der Waals surface area (Å²) in [6.45, 7) is 6.12. The highest BCUT2D eigenvalue weighted by molar-refractivity contribution is 6.00. The minimum absolute atomic E-state index is 0.00195. The summed E-state index contributed by atoms with van der Waals surface area (Å²) >= 11 is 0. The molecule has 0 aromatic carbocycles. The van der Waals surface area contributed by atoms with Crippen molar-refractivity contribution in [2.75, 3.05) is 5.32 Å². The van der Waals surface area contributed by atoms with Gasteiger partial charge in [0.2, 0.25) is 11.9 Å². The van der Waals surface area contributed by atoms with Gasteiger partial charge in [-0.3, -0.25) is 19.4 Å². The number of carbonyl (C=O) groups is 2. The van der Waals surface area contributed by atoms with Gasteiger partial charge < -0.3 is 10.6 Å². The van der Waals surface area contributed by atoms with Gasteiger partial charge in [-0.1, -0.05) is 64.2 Å². The summed E-state index contributed by atoms with van der Waals surface area (Å²) in [5, 5.41) is 17.3. The van der Waals surface area contributed by atoms with Gasteiger partial charge in [0.25, 0.3) is 5.91 Å². The fourth-order valence-electron chi connectivity index (χ4n) is 7.14. The molecule has 9 nitrogen and oxygen atoms in total. The van der Waals surface area contributed by atoms with Crippen molar-refractivity contribution in [3.8, 4) is 11.1 Å². The molecule has 3 heterocycles. The first-order valence-corrected chi connectivity index (χ1v) is 15.2. The number of carbonyl (C=O) groups excluding carboxylic acids is 2. The summed E-state index contributed by atoms with van der Waals surface area (Å²) < 4.78 is 16.9. The van der Waals surface area contributed by atoms with Gasteiger partial charge in [0.15, 0.2) is 0 Å². The molecule has 10 heteroatoms. The van der Waals surface area contributed by atoms with Gasteiger partial charge in [-0.15, -0.1) is 0 Å². The number of pyridine rings is 1. The number of halogens is 1. The molecule has 3 aromatic rings. The maximum atomic E-state index is 15.3. The number of aromatic nitrogens is 5. The summed E-state index contributed by atoms with van der Waals surface area (Å²) in [5.41, 5.74) is 2.84. The zero-order chi connectivity index (χ0) is 28.9. The van der Waals surface area contributed by atoms with E-state index in [1.807, 2.05) is 20.8 Å². The van der Waals surface area contributed by atoms with Gasteiger partial charge in [0.1, 0.15) is 17.6 Å². The van der Waals surface area contributed by atoms with Crippen molar-refractivity contribution in [1.29, 1.82) is 0 Å². The molecule has 0 aliphatic heterocycles. The van der Waals surface area contributed by atoms with Crippen LogP contribution in [0, 0.1) is 37.5 Å². The van der Waals surface area contributed by atoms with Gasteiger partial charge in [-0.25, -0.2) is 4.98 Å². The normalized spacial score (nSPS) is 17.5. The number of amides is 2. The average molecular weight is 564 g/mol. The van der Waals surface area contributed by atoms with Crippen LogP contribution in [-0.2, 0) is 11.3 Å². The molecule has 2 aliphatic rings. The summed E-state index contributed by atoms with van der Waals surface area (Å²) in [5.74, 6) is -0.536. The van der Waals surface area contributed by atoms with Gasteiger partial charge in [0, 0.05) is 29.6 Å². The molecule has 2 saturated carbocycles. The summed E-state index contributed by atoms with van der Waals surface area (Å²) in [6, 6.07) is 4.15. The minimum Gasteiger partial charge on any atom is -0.339 e. The Kier molecular flexibility index (Phi) is 9.15. The van der Waals surface area contributed by atoms with Crippen molar-refractivity contribution in [3.05, 3.63) is 47.4 Å². The zero-order valence-corrected chi connectivity index (χ0v) is 24.4.